The lowest BCUT2D eigenvalue weighted by atomic mass is 9.88. The van der Waals surface area contributed by atoms with E-state index in [0.717, 1.165) is 42.0 Å². The van der Waals surface area contributed by atoms with Crippen LogP contribution in [0.5, 0.6) is 5.75 Å². The van der Waals surface area contributed by atoms with E-state index in [4.69, 9.17) is 15.5 Å². The minimum absolute atomic E-state index is 0.174. The number of amides is 1. The monoisotopic (exact) mass is 350 g/mol. The second kappa shape index (κ2) is 8.29. The Bertz CT molecular complexity index is 831. The van der Waals surface area contributed by atoms with E-state index < -0.39 is 0 Å². The Morgan fingerprint density at radius 1 is 1.35 bits per heavy atom. The van der Waals surface area contributed by atoms with Crippen molar-refractivity contribution in [2.75, 3.05) is 7.11 Å². The van der Waals surface area contributed by atoms with Crippen LogP contribution in [0.4, 0.5) is 5.69 Å². The first-order valence-electron chi connectivity index (χ1n) is 8.57. The third kappa shape index (κ3) is 4.08. The smallest absolute Gasteiger partial charge is 0.270 e. The van der Waals surface area contributed by atoms with Gasteiger partial charge in [0.05, 0.1) is 18.8 Å². The van der Waals surface area contributed by atoms with Crippen LogP contribution in [0, 0.1) is 0 Å². The highest BCUT2D eigenvalue weighted by molar-refractivity contribution is 6.04. The summed E-state index contributed by atoms with van der Waals surface area (Å²) in [5.74, 6) is 0.540. The zero-order valence-corrected chi connectivity index (χ0v) is 14.7. The zero-order chi connectivity index (χ0) is 18.4. The Morgan fingerprint density at radius 2 is 2.23 bits per heavy atom. The first-order valence-corrected chi connectivity index (χ1v) is 8.57. The molecule has 0 spiro atoms. The standard InChI is InChI=1S/C20H22N4O2/c1-26-15-7-4-6-14(12-15)23-17-9-5-10-18(16(17)13-21)24-20(25)19-8-2-3-11-22-19/h2-4,6-8,11-13,18H,5,9-10,21H2,1H3,(H,24,25)/b16-13+,23-17?. The maximum absolute atomic E-state index is 12.4. The fourth-order valence-corrected chi connectivity index (χ4v) is 3.02. The molecule has 1 aromatic carbocycles. The Kier molecular flexibility index (Phi) is 5.63. The van der Waals surface area contributed by atoms with Gasteiger partial charge < -0.3 is 15.8 Å². The van der Waals surface area contributed by atoms with Crippen LogP contribution in [-0.4, -0.2) is 29.8 Å². The normalized spacial score (nSPS) is 20.1. The number of hydrogen-bond donors (Lipinski definition) is 2. The first kappa shape index (κ1) is 17.7. The van der Waals surface area contributed by atoms with Gasteiger partial charge in [-0.3, -0.25) is 14.8 Å². The SMILES string of the molecule is COc1cccc(N=C2CCCC(NC(=O)c3ccccn3)/C2=C/N)c1. The van der Waals surface area contributed by atoms with Crippen LogP contribution in [0.25, 0.3) is 0 Å². The number of nitrogens with two attached hydrogens (primary N) is 1. The maximum atomic E-state index is 12.4. The molecule has 134 valence electrons. The van der Waals surface area contributed by atoms with Gasteiger partial charge in [0.25, 0.3) is 5.91 Å². The zero-order valence-electron chi connectivity index (χ0n) is 14.7. The molecule has 1 aliphatic carbocycles. The molecule has 1 fully saturated rings. The molecular weight excluding hydrogens is 328 g/mol. The average molecular weight is 350 g/mol. The highest BCUT2D eigenvalue weighted by atomic mass is 16.5. The molecule has 1 aromatic heterocycles. The van der Waals surface area contributed by atoms with Crippen LogP contribution in [0.15, 0.2) is 65.4 Å². The topological polar surface area (TPSA) is 89.6 Å². The molecule has 0 bridgehead atoms. The molecule has 6 nitrogen and oxygen atoms in total. The number of nitrogens with zero attached hydrogens (tertiary/aromatic N) is 2. The van der Waals surface area contributed by atoms with Gasteiger partial charge in [0.15, 0.2) is 0 Å². The maximum Gasteiger partial charge on any atom is 0.270 e. The average Bonchev–Trinajstić information content (AvgIpc) is 2.69. The third-order valence-corrected chi connectivity index (χ3v) is 4.31. The van der Waals surface area contributed by atoms with Crippen molar-refractivity contribution in [1.29, 1.82) is 0 Å². The third-order valence-electron chi connectivity index (χ3n) is 4.31. The summed E-state index contributed by atoms with van der Waals surface area (Å²) in [6.07, 6.45) is 5.70. The molecule has 1 heterocycles. The lowest BCUT2D eigenvalue weighted by Gasteiger charge is -2.27. The van der Waals surface area contributed by atoms with Crippen molar-refractivity contribution in [1.82, 2.24) is 10.3 Å². The molecule has 1 aliphatic rings. The Morgan fingerprint density at radius 3 is 2.96 bits per heavy atom. The molecule has 1 saturated carbocycles. The summed E-state index contributed by atoms with van der Waals surface area (Å²) in [6.45, 7) is 0. The number of aliphatic imine (C=N–C) groups is 1. The Hall–Kier alpha value is -3.15. The van der Waals surface area contributed by atoms with Crippen molar-refractivity contribution < 1.29 is 9.53 Å². The predicted octanol–water partition coefficient (Wildman–Crippen LogP) is 2.99. The summed E-state index contributed by atoms with van der Waals surface area (Å²) in [7, 11) is 1.63. The van der Waals surface area contributed by atoms with E-state index in [0.29, 0.717) is 5.69 Å². The van der Waals surface area contributed by atoms with E-state index in [1.807, 2.05) is 24.3 Å². The Labute approximate surface area is 152 Å². The summed E-state index contributed by atoms with van der Waals surface area (Å²) in [6, 6.07) is 12.6. The van der Waals surface area contributed by atoms with E-state index >= 15 is 0 Å². The number of ether oxygens (including phenoxy) is 1. The first-order chi connectivity index (χ1) is 12.7. The van der Waals surface area contributed by atoms with Gasteiger partial charge in [0.2, 0.25) is 0 Å². The minimum atomic E-state index is -0.211. The molecule has 26 heavy (non-hydrogen) atoms. The highest BCUT2D eigenvalue weighted by Gasteiger charge is 2.26. The van der Waals surface area contributed by atoms with E-state index in [9.17, 15) is 4.79 Å². The van der Waals surface area contributed by atoms with Crippen LogP contribution < -0.4 is 15.8 Å². The molecule has 1 amide bonds. The molecular formula is C20H22N4O2. The van der Waals surface area contributed by atoms with Gasteiger partial charge in [-0.1, -0.05) is 12.1 Å². The molecule has 3 N–H and O–H groups in total. The van der Waals surface area contributed by atoms with E-state index in [-0.39, 0.29) is 11.9 Å². The molecule has 1 unspecified atom stereocenters. The second-order valence-corrected chi connectivity index (χ2v) is 6.02. The van der Waals surface area contributed by atoms with Crippen LogP contribution >= 0.6 is 0 Å². The van der Waals surface area contributed by atoms with Crippen LogP contribution in [0.2, 0.25) is 0 Å². The molecule has 0 radical (unpaired) electrons. The van der Waals surface area contributed by atoms with Gasteiger partial charge in [-0.2, -0.15) is 0 Å². The lowest BCUT2D eigenvalue weighted by molar-refractivity contribution is 0.0936. The molecule has 1 atom stereocenters. The quantitative estimate of drug-likeness (QED) is 0.887. The van der Waals surface area contributed by atoms with Gasteiger partial charge >= 0.3 is 0 Å². The summed E-state index contributed by atoms with van der Waals surface area (Å²) < 4.78 is 5.25. The van der Waals surface area contributed by atoms with Crippen molar-refractivity contribution in [3.8, 4) is 5.75 Å². The van der Waals surface area contributed by atoms with E-state index in [2.05, 4.69) is 10.3 Å². The van der Waals surface area contributed by atoms with Gasteiger partial charge in [-0.15, -0.1) is 0 Å². The number of hydrogen-bond acceptors (Lipinski definition) is 5. The van der Waals surface area contributed by atoms with Crippen LogP contribution in [0.1, 0.15) is 29.8 Å². The number of rotatable bonds is 4. The molecule has 3 rings (SSSR count). The number of methoxy groups -OCH3 is 1. The highest BCUT2D eigenvalue weighted by Crippen LogP contribution is 2.26. The van der Waals surface area contributed by atoms with Crippen molar-refractivity contribution in [2.24, 2.45) is 10.7 Å². The van der Waals surface area contributed by atoms with E-state index in [1.54, 1.807) is 37.7 Å². The van der Waals surface area contributed by atoms with Crippen molar-refractivity contribution in [2.45, 2.75) is 25.3 Å². The number of aromatic nitrogens is 1. The van der Waals surface area contributed by atoms with Gasteiger partial charge in [-0.05, 0) is 43.5 Å². The van der Waals surface area contributed by atoms with E-state index in [1.165, 1.54) is 0 Å². The summed E-state index contributed by atoms with van der Waals surface area (Å²) in [4.78, 5) is 21.2. The lowest BCUT2D eigenvalue weighted by Crippen LogP contribution is -2.41. The second-order valence-electron chi connectivity index (χ2n) is 6.02. The molecule has 0 aliphatic heterocycles. The van der Waals surface area contributed by atoms with Crippen LogP contribution in [0.3, 0.4) is 0 Å². The largest absolute Gasteiger partial charge is 0.497 e. The van der Waals surface area contributed by atoms with Gasteiger partial charge in [0.1, 0.15) is 11.4 Å². The number of carbonyl (C=O) groups excluding carboxylic acids is 1. The summed E-state index contributed by atoms with van der Waals surface area (Å²) >= 11 is 0. The van der Waals surface area contributed by atoms with Gasteiger partial charge in [0, 0.05) is 29.7 Å². The molecule has 2 aromatic rings. The number of nitrogens with one attached hydrogen (secondary N) is 1. The van der Waals surface area contributed by atoms with Gasteiger partial charge in [-0.25, -0.2) is 0 Å². The Balaban J connectivity index is 1.80. The molecule has 0 saturated heterocycles. The summed E-state index contributed by atoms with van der Waals surface area (Å²) in [5.41, 5.74) is 8.80. The fourth-order valence-electron chi connectivity index (χ4n) is 3.02. The van der Waals surface area contributed by atoms with Crippen molar-refractivity contribution in [3.05, 3.63) is 66.1 Å². The minimum Gasteiger partial charge on any atom is -0.497 e. The number of carbonyl (C=O) groups is 1. The number of benzene rings is 1. The van der Waals surface area contributed by atoms with Crippen molar-refractivity contribution in [3.63, 3.8) is 0 Å². The van der Waals surface area contributed by atoms with Crippen LogP contribution in [-0.2, 0) is 0 Å². The summed E-state index contributed by atoms with van der Waals surface area (Å²) in [5, 5.41) is 3.02. The van der Waals surface area contributed by atoms with Crippen molar-refractivity contribution >= 4 is 17.3 Å². The predicted molar refractivity (Wildman–Crippen MR) is 102 cm³/mol. The number of pyridine rings is 1. The molecule has 6 heteroatoms. The fraction of sp³-hybridized carbons (Fsp3) is 0.250.